The maximum absolute atomic E-state index is 12.6. The number of sulfonamides is 1. The summed E-state index contributed by atoms with van der Waals surface area (Å²) in [6.07, 6.45) is 1.39. The van der Waals surface area contributed by atoms with Crippen LogP contribution in [0.2, 0.25) is 0 Å². The molecule has 2 aromatic rings. The monoisotopic (exact) mass is 497 g/mol. The van der Waals surface area contributed by atoms with E-state index >= 15 is 0 Å². The van der Waals surface area contributed by atoms with Gasteiger partial charge in [-0.25, -0.2) is 13.8 Å². The van der Waals surface area contributed by atoms with Crippen LogP contribution in [0.1, 0.15) is 36.7 Å². The predicted octanol–water partition coefficient (Wildman–Crippen LogP) is 3.35. The van der Waals surface area contributed by atoms with Crippen LogP contribution in [-0.2, 0) is 10.0 Å². The maximum Gasteiger partial charge on any atom is 0.271 e. The molecule has 0 aromatic heterocycles. The van der Waals surface area contributed by atoms with E-state index < -0.39 is 15.9 Å². The van der Waals surface area contributed by atoms with Crippen molar-refractivity contribution >= 4 is 38.1 Å². The molecule has 2 aromatic carbocycles. The minimum Gasteiger partial charge on any atom is -0.503 e. The minimum absolute atomic E-state index is 0.0238. The van der Waals surface area contributed by atoms with Gasteiger partial charge in [0.05, 0.1) is 22.2 Å². The number of amides is 1. The largest absolute Gasteiger partial charge is 0.503 e. The lowest BCUT2D eigenvalue weighted by Crippen LogP contribution is -2.30. The van der Waals surface area contributed by atoms with Crippen LogP contribution in [0.5, 0.6) is 11.5 Å². The van der Waals surface area contributed by atoms with Crippen molar-refractivity contribution in [2.24, 2.45) is 5.10 Å². The molecule has 0 unspecified atom stereocenters. The summed E-state index contributed by atoms with van der Waals surface area (Å²) in [4.78, 5) is 12.5. The fourth-order valence-electron chi connectivity index (χ4n) is 2.67. The van der Waals surface area contributed by atoms with E-state index in [0.29, 0.717) is 29.7 Å². The highest BCUT2D eigenvalue weighted by atomic mass is 79.9. The van der Waals surface area contributed by atoms with Gasteiger partial charge >= 0.3 is 0 Å². The molecule has 0 aliphatic heterocycles. The Balaban J connectivity index is 2.18. The number of phenols is 1. The molecule has 2 N–H and O–H groups in total. The quantitative estimate of drug-likeness (QED) is 0.407. The van der Waals surface area contributed by atoms with E-state index in [2.05, 4.69) is 26.5 Å². The Hall–Kier alpha value is -2.43. The number of hydrogen-bond donors (Lipinski definition) is 2. The second-order valence-electron chi connectivity index (χ2n) is 6.10. The molecule has 0 bridgehead atoms. The molecule has 0 aliphatic rings. The third-order valence-corrected chi connectivity index (χ3v) is 6.82. The number of rotatable bonds is 9. The number of nitrogens with one attached hydrogen (secondary N) is 1. The molecule has 10 heteroatoms. The van der Waals surface area contributed by atoms with Crippen LogP contribution in [-0.4, -0.2) is 49.6 Å². The van der Waals surface area contributed by atoms with Gasteiger partial charge in [0.1, 0.15) is 0 Å². The molecule has 2 rings (SSSR count). The van der Waals surface area contributed by atoms with Gasteiger partial charge in [-0.05, 0) is 58.7 Å². The molecule has 0 saturated heterocycles. The highest BCUT2D eigenvalue weighted by molar-refractivity contribution is 9.10. The molecule has 0 spiro atoms. The van der Waals surface area contributed by atoms with Crippen LogP contribution < -0.4 is 10.2 Å². The van der Waals surface area contributed by atoms with Crippen LogP contribution in [0.15, 0.2) is 50.9 Å². The number of ether oxygens (including phenoxy) is 1. The molecule has 0 saturated carbocycles. The topological polar surface area (TPSA) is 108 Å². The molecule has 0 aliphatic carbocycles. The van der Waals surface area contributed by atoms with Crippen LogP contribution in [0.25, 0.3) is 0 Å². The van der Waals surface area contributed by atoms with E-state index in [-0.39, 0.29) is 22.0 Å². The number of hydrazone groups is 1. The molecule has 0 fully saturated rings. The standard InChI is InChI=1S/C20H24BrN3O5S/c1-4-24(5-2)30(27,28)16-9-7-8-15(12-16)20(26)23-22-13-14-10-17(21)19(25)18(11-14)29-6-3/h7-13,25H,4-6H2,1-3H3,(H,23,26). The summed E-state index contributed by atoms with van der Waals surface area (Å²) < 4.78 is 32.4. The summed E-state index contributed by atoms with van der Waals surface area (Å²) in [5, 5.41) is 13.8. The van der Waals surface area contributed by atoms with Gasteiger partial charge in [0.15, 0.2) is 11.5 Å². The number of benzene rings is 2. The van der Waals surface area contributed by atoms with Gasteiger partial charge in [-0.1, -0.05) is 19.9 Å². The number of nitrogens with zero attached hydrogens (tertiary/aromatic N) is 2. The maximum atomic E-state index is 12.6. The van der Waals surface area contributed by atoms with Gasteiger partial charge in [-0.2, -0.15) is 9.41 Å². The van der Waals surface area contributed by atoms with Gasteiger partial charge in [-0.15, -0.1) is 0 Å². The van der Waals surface area contributed by atoms with E-state index in [1.165, 1.54) is 34.8 Å². The number of carbonyl (C=O) groups excluding carboxylic acids is 1. The lowest BCUT2D eigenvalue weighted by molar-refractivity contribution is 0.0955. The first-order chi connectivity index (χ1) is 14.2. The van der Waals surface area contributed by atoms with Gasteiger partial charge in [0.25, 0.3) is 5.91 Å². The van der Waals surface area contributed by atoms with Crippen molar-refractivity contribution in [1.29, 1.82) is 0 Å². The van der Waals surface area contributed by atoms with Crippen molar-refractivity contribution in [2.75, 3.05) is 19.7 Å². The highest BCUT2D eigenvalue weighted by Gasteiger charge is 2.22. The molecule has 30 heavy (non-hydrogen) atoms. The van der Waals surface area contributed by atoms with Gasteiger partial charge in [0, 0.05) is 18.7 Å². The van der Waals surface area contributed by atoms with E-state index in [9.17, 15) is 18.3 Å². The van der Waals surface area contributed by atoms with Crippen LogP contribution in [0.4, 0.5) is 0 Å². The SMILES string of the molecule is CCOc1cc(C=NNC(=O)c2cccc(S(=O)(=O)N(CC)CC)c2)cc(Br)c1O. The Kier molecular flexibility index (Phi) is 8.39. The Morgan fingerprint density at radius 1 is 1.23 bits per heavy atom. The van der Waals surface area contributed by atoms with Crippen molar-refractivity contribution in [2.45, 2.75) is 25.7 Å². The predicted molar refractivity (Wildman–Crippen MR) is 119 cm³/mol. The Bertz CT molecular complexity index is 1040. The fourth-order valence-corrected chi connectivity index (χ4v) is 4.64. The van der Waals surface area contributed by atoms with Gasteiger partial charge in [0.2, 0.25) is 10.0 Å². The summed E-state index contributed by atoms with van der Waals surface area (Å²) in [6.45, 7) is 6.36. The molecule has 1 amide bonds. The summed E-state index contributed by atoms with van der Waals surface area (Å²) in [5.74, 6) is -0.288. The lowest BCUT2D eigenvalue weighted by atomic mass is 10.2. The fraction of sp³-hybridized carbons (Fsp3) is 0.300. The van der Waals surface area contributed by atoms with Crippen LogP contribution >= 0.6 is 15.9 Å². The second kappa shape index (κ2) is 10.6. The Morgan fingerprint density at radius 3 is 2.57 bits per heavy atom. The van der Waals surface area contributed by atoms with Crippen molar-refractivity contribution in [3.8, 4) is 11.5 Å². The summed E-state index contributed by atoms with van der Waals surface area (Å²) in [6, 6.07) is 9.00. The molecule has 0 atom stereocenters. The molecule has 0 heterocycles. The van der Waals surface area contributed by atoms with Gasteiger partial charge in [-0.3, -0.25) is 4.79 Å². The van der Waals surface area contributed by atoms with Crippen LogP contribution in [0, 0.1) is 0 Å². The van der Waals surface area contributed by atoms with E-state index in [4.69, 9.17) is 4.74 Å². The third-order valence-electron chi connectivity index (χ3n) is 4.17. The number of carbonyl (C=O) groups is 1. The summed E-state index contributed by atoms with van der Waals surface area (Å²) in [7, 11) is -3.67. The Labute approximate surface area is 184 Å². The number of phenolic OH excluding ortho intramolecular Hbond substituents is 1. The summed E-state index contributed by atoms with van der Waals surface area (Å²) in [5.41, 5.74) is 3.13. The zero-order chi connectivity index (χ0) is 22.3. The smallest absolute Gasteiger partial charge is 0.271 e. The highest BCUT2D eigenvalue weighted by Crippen LogP contribution is 2.35. The molecule has 8 nitrogen and oxygen atoms in total. The van der Waals surface area contributed by atoms with Crippen molar-refractivity contribution < 1.29 is 23.1 Å². The van der Waals surface area contributed by atoms with E-state index in [1.54, 1.807) is 32.9 Å². The molecular weight excluding hydrogens is 474 g/mol. The minimum atomic E-state index is -3.67. The number of aromatic hydroxyl groups is 1. The normalized spacial score (nSPS) is 11.8. The molecule has 162 valence electrons. The van der Waals surface area contributed by atoms with Crippen molar-refractivity contribution in [3.05, 3.63) is 52.0 Å². The third kappa shape index (κ3) is 5.59. The van der Waals surface area contributed by atoms with Gasteiger partial charge < -0.3 is 9.84 Å². The Morgan fingerprint density at radius 2 is 1.93 bits per heavy atom. The van der Waals surface area contributed by atoms with Crippen molar-refractivity contribution in [3.63, 3.8) is 0 Å². The van der Waals surface area contributed by atoms with E-state index in [1.807, 2.05) is 0 Å². The first-order valence-corrected chi connectivity index (χ1v) is 11.6. The zero-order valence-corrected chi connectivity index (χ0v) is 19.3. The number of halogens is 1. The zero-order valence-electron chi connectivity index (χ0n) is 16.9. The average molecular weight is 498 g/mol. The number of hydrogen-bond acceptors (Lipinski definition) is 6. The molecular formula is C20H24BrN3O5S. The first kappa shape index (κ1) is 23.8. The van der Waals surface area contributed by atoms with E-state index in [0.717, 1.165) is 0 Å². The lowest BCUT2D eigenvalue weighted by Gasteiger charge is -2.18. The first-order valence-electron chi connectivity index (χ1n) is 9.33. The summed E-state index contributed by atoms with van der Waals surface area (Å²) >= 11 is 3.23. The van der Waals surface area contributed by atoms with Crippen molar-refractivity contribution in [1.82, 2.24) is 9.73 Å². The molecule has 0 radical (unpaired) electrons. The van der Waals surface area contributed by atoms with Crippen LogP contribution in [0.3, 0.4) is 0 Å². The second-order valence-corrected chi connectivity index (χ2v) is 8.89. The average Bonchev–Trinajstić information content (AvgIpc) is 2.72.